The minimum absolute atomic E-state index is 0.165. The van der Waals surface area contributed by atoms with Crippen molar-refractivity contribution in [1.29, 1.82) is 0 Å². The second kappa shape index (κ2) is 4.59. The van der Waals surface area contributed by atoms with E-state index in [1.54, 1.807) is 6.07 Å². The molecule has 1 aromatic rings. The second-order valence-electron chi connectivity index (χ2n) is 4.70. The number of benzene rings is 1. The van der Waals surface area contributed by atoms with Crippen molar-refractivity contribution in [1.82, 2.24) is 0 Å². The zero-order valence-corrected chi connectivity index (χ0v) is 9.72. The monoisotopic (exact) mass is 243 g/mol. The van der Waals surface area contributed by atoms with Gasteiger partial charge < -0.3 is 5.32 Å². The maximum atomic E-state index is 12.8. The first kappa shape index (κ1) is 12.3. The first-order valence-corrected chi connectivity index (χ1v) is 5.91. The molecule has 0 bridgehead atoms. The lowest BCUT2D eigenvalue weighted by atomic mass is 10.0. The first-order valence-electron chi connectivity index (χ1n) is 5.91. The van der Waals surface area contributed by atoms with E-state index in [4.69, 9.17) is 0 Å². The third kappa shape index (κ3) is 2.73. The van der Waals surface area contributed by atoms with Crippen LogP contribution in [0.1, 0.15) is 31.7 Å². The van der Waals surface area contributed by atoms with Crippen LogP contribution in [0, 0.1) is 5.92 Å². The summed E-state index contributed by atoms with van der Waals surface area (Å²) in [6.07, 6.45) is -1.16. The quantitative estimate of drug-likeness (QED) is 0.816. The van der Waals surface area contributed by atoms with E-state index in [1.165, 1.54) is 12.1 Å². The zero-order chi connectivity index (χ0) is 12.5. The number of hydrogen-bond donors (Lipinski definition) is 1. The van der Waals surface area contributed by atoms with Crippen LogP contribution in [0.3, 0.4) is 0 Å². The molecular weight excluding hydrogens is 227 g/mol. The Hall–Kier alpha value is -1.19. The maximum Gasteiger partial charge on any atom is 0.418 e. The highest BCUT2D eigenvalue weighted by Gasteiger charge is 2.34. The average Bonchev–Trinajstić information content (AvgIpc) is 2.64. The van der Waals surface area contributed by atoms with Gasteiger partial charge in [-0.25, -0.2) is 0 Å². The Morgan fingerprint density at radius 2 is 1.88 bits per heavy atom. The van der Waals surface area contributed by atoms with Crippen molar-refractivity contribution in [3.63, 3.8) is 0 Å². The number of alkyl halides is 3. The molecule has 0 aromatic heterocycles. The molecule has 17 heavy (non-hydrogen) atoms. The Morgan fingerprint density at radius 3 is 2.47 bits per heavy atom. The van der Waals surface area contributed by atoms with Gasteiger partial charge >= 0.3 is 6.18 Å². The van der Waals surface area contributed by atoms with Gasteiger partial charge in [0.2, 0.25) is 0 Å². The summed E-state index contributed by atoms with van der Waals surface area (Å²) in [5, 5.41) is 3.05. The summed E-state index contributed by atoms with van der Waals surface area (Å²) in [6.45, 7) is 2.08. The van der Waals surface area contributed by atoms with Crippen molar-refractivity contribution >= 4 is 5.69 Å². The van der Waals surface area contributed by atoms with Crippen LogP contribution in [0.4, 0.5) is 18.9 Å². The highest BCUT2D eigenvalue weighted by molar-refractivity contribution is 5.53. The molecule has 1 N–H and O–H groups in total. The predicted molar refractivity (Wildman–Crippen MR) is 61.9 cm³/mol. The smallest absolute Gasteiger partial charge is 0.382 e. The van der Waals surface area contributed by atoms with Gasteiger partial charge in [0.05, 0.1) is 5.56 Å². The lowest BCUT2D eigenvalue weighted by Gasteiger charge is -2.21. The molecule has 0 radical (unpaired) electrons. The van der Waals surface area contributed by atoms with E-state index in [0.29, 0.717) is 5.92 Å². The molecule has 1 fully saturated rings. The topological polar surface area (TPSA) is 12.0 Å². The summed E-state index contributed by atoms with van der Waals surface area (Å²) in [5.74, 6) is 0.441. The number of anilines is 1. The summed E-state index contributed by atoms with van der Waals surface area (Å²) in [6, 6.07) is 5.86. The van der Waals surface area contributed by atoms with Crippen LogP contribution >= 0.6 is 0 Å². The third-order valence-electron chi connectivity index (χ3n) is 3.43. The normalized spacial score (nSPS) is 24.9. The number of para-hydroxylation sites is 1. The van der Waals surface area contributed by atoms with E-state index in [0.717, 1.165) is 25.3 Å². The van der Waals surface area contributed by atoms with Crippen molar-refractivity contribution < 1.29 is 13.2 Å². The molecule has 1 saturated carbocycles. The summed E-state index contributed by atoms with van der Waals surface area (Å²) in [4.78, 5) is 0. The van der Waals surface area contributed by atoms with Crippen molar-refractivity contribution in [2.24, 2.45) is 5.92 Å². The van der Waals surface area contributed by atoms with Gasteiger partial charge in [0.15, 0.2) is 0 Å². The van der Waals surface area contributed by atoms with Gasteiger partial charge in [0.1, 0.15) is 0 Å². The fraction of sp³-hybridized carbons (Fsp3) is 0.538. The van der Waals surface area contributed by atoms with Gasteiger partial charge in [-0.15, -0.1) is 0 Å². The van der Waals surface area contributed by atoms with Crippen LogP contribution in [-0.2, 0) is 6.18 Å². The van der Waals surface area contributed by atoms with Crippen LogP contribution in [0.15, 0.2) is 24.3 Å². The highest BCUT2D eigenvalue weighted by Crippen LogP contribution is 2.36. The van der Waals surface area contributed by atoms with Crippen LogP contribution in [-0.4, -0.2) is 6.04 Å². The molecule has 1 aromatic carbocycles. The van der Waals surface area contributed by atoms with Crippen LogP contribution in [0.25, 0.3) is 0 Å². The van der Waals surface area contributed by atoms with E-state index < -0.39 is 11.7 Å². The van der Waals surface area contributed by atoms with Gasteiger partial charge in [0.25, 0.3) is 0 Å². The van der Waals surface area contributed by atoms with Crippen molar-refractivity contribution in [3.8, 4) is 0 Å². The molecule has 94 valence electrons. The van der Waals surface area contributed by atoms with Gasteiger partial charge in [-0.2, -0.15) is 13.2 Å². The summed E-state index contributed by atoms with van der Waals surface area (Å²) in [7, 11) is 0. The Bertz CT molecular complexity index is 386. The van der Waals surface area contributed by atoms with Crippen molar-refractivity contribution in [2.45, 2.75) is 38.4 Å². The van der Waals surface area contributed by atoms with E-state index in [-0.39, 0.29) is 11.7 Å². The van der Waals surface area contributed by atoms with Crippen molar-refractivity contribution in [2.75, 3.05) is 5.32 Å². The summed E-state index contributed by atoms with van der Waals surface area (Å²) in [5.41, 5.74) is -0.363. The number of halogens is 3. The SMILES string of the molecule is CC1CCCC1Nc1ccccc1C(F)(F)F. The molecule has 2 rings (SSSR count). The number of rotatable bonds is 2. The largest absolute Gasteiger partial charge is 0.418 e. The van der Waals surface area contributed by atoms with E-state index in [1.807, 2.05) is 0 Å². The van der Waals surface area contributed by atoms with Crippen LogP contribution in [0.5, 0.6) is 0 Å². The molecule has 2 atom stereocenters. The maximum absolute atomic E-state index is 12.8. The molecule has 0 heterocycles. The standard InChI is InChI=1S/C13H16F3N/c1-9-5-4-8-11(9)17-12-7-3-2-6-10(12)13(14,15)16/h2-3,6-7,9,11,17H,4-5,8H2,1H3. The average molecular weight is 243 g/mol. The molecule has 2 unspecified atom stereocenters. The lowest BCUT2D eigenvalue weighted by molar-refractivity contribution is -0.137. The number of nitrogens with one attached hydrogen (secondary N) is 1. The minimum atomic E-state index is -4.29. The van der Waals surface area contributed by atoms with E-state index in [2.05, 4.69) is 12.2 Å². The van der Waals surface area contributed by atoms with Gasteiger partial charge in [-0.05, 0) is 30.9 Å². The Morgan fingerprint density at radius 1 is 1.18 bits per heavy atom. The molecule has 1 nitrogen and oxygen atoms in total. The molecule has 1 aliphatic carbocycles. The van der Waals surface area contributed by atoms with Crippen molar-refractivity contribution in [3.05, 3.63) is 29.8 Å². The first-order chi connectivity index (χ1) is 7.98. The summed E-state index contributed by atoms with van der Waals surface area (Å²) < 4.78 is 38.3. The van der Waals surface area contributed by atoms with Crippen LogP contribution in [0.2, 0.25) is 0 Å². The Balaban J connectivity index is 2.21. The summed E-state index contributed by atoms with van der Waals surface area (Å²) >= 11 is 0. The van der Waals surface area contributed by atoms with E-state index in [9.17, 15) is 13.2 Å². The molecule has 0 aliphatic heterocycles. The van der Waals surface area contributed by atoms with Gasteiger partial charge in [0, 0.05) is 11.7 Å². The fourth-order valence-electron chi connectivity index (χ4n) is 2.42. The third-order valence-corrected chi connectivity index (χ3v) is 3.43. The fourth-order valence-corrected chi connectivity index (χ4v) is 2.42. The highest BCUT2D eigenvalue weighted by atomic mass is 19.4. The molecule has 0 amide bonds. The van der Waals surface area contributed by atoms with E-state index >= 15 is 0 Å². The molecular formula is C13H16F3N. The predicted octanol–water partition coefficient (Wildman–Crippen LogP) is 4.31. The second-order valence-corrected chi connectivity index (χ2v) is 4.70. The zero-order valence-electron chi connectivity index (χ0n) is 9.72. The Kier molecular flexibility index (Phi) is 3.31. The van der Waals surface area contributed by atoms with Gasteiger partial charge in [-0.1, -0.05) is 25.5 Å². The molecule has 1 aliphatic rings. The van der Waals surface area contributed by atoms with Gasteiger partial charge in [-0.3, -0.25) is 0 Å². The molecule has 0 saturated heterocycles. The minimum Gasteiger partial charge on any atom is -0.382 e. The number of hydrogen-bond acceptors (Lipinski definition) is 1. The Labute approximate surface area is 99.0 Å². The lowest BCUT2D eigenvalue weighted by Crippen LogP contribution is -2.23. The molecule has 0 spiro atoms. The molecule has 4 heteroatoms. The van der Waals surface area contributed by atoms with Crippen LogP contribution < -0.4 is 5.32 Å².